The summed E-state index contributed by atoms with van der Waals surface area (Å²) in [5.74, 6) is 2.84. The predicted octanol–water partition coefficient (Wildman–Crippen LogP) is 11.2. The summed E-state index contributed by atoms with van der Waals surface area (Å²) >= 11 is 0. The lowest BCUT2D eigenvalue weighted by molar-refractivity contribution is -0.141. The molecule has 3 aromatic carbocycles. The Kier molecular flexibility index (Phi) is 13.5. The van der Waals surface area contributed by atoms with Crippen LogP contribution in [0.4, 0.5) is 0 Å². The number of fused-ring (bicyclic) bond motifs is 1. The molecular formula is C45H60O3. The van der Waals surface area contributed by atoms with Gasteiger partial charge in [0.1, 0.15) is 0 Å². The van der Waals surface area contributed by atoms with E-state index in [2.05, 4.69) is 87.2 Å². The zero-order valence-corrected chi connectivity index (χ0v) is 30.0. The fourth-order valence-corrected chi connectivity index (χ4v) is 8.56. The highest BCUT2D eigenvalue weighted by molar-refractivity contribution is 5.86. The van der Waals surface area contributed by atoms with E-state index >= 15 is 0 Å². The van der Waals surface area contributed by atoms with Crippen molar-refractivity contribution in [2.75, 3.05) is 13.2 Å². The molecule has 258 valence electrons. The molecule has 2 aliphatic carbocycles. The summed E-state index contributed by atoms with van der Waals surface area (Å²) in [7, 11) is 0. The van der Waals surface area contributed by atoms with Gasteiger partial charge in [0, 0.05) is 18.1 Å². The third-order valence-corrected chi connectivity index (χ3v) is 11.5. The minimum atomic E-state index is -0.350. The second-order valence-electron chi connectivity index (χ2n) is 15.2. The molecule has 0 aliphatic heterocycles. The number of unbranched alkanes of at least 4 members (excludes halogenated alkanes) is 2. The van der Waals surface area contributed by atoms with Crippen molar-refractivity contribution in [1.82, 2.24) is 0 Å². The van der Waals surface area contributed by atoms with Gasteiger partial charge in [-0.3, -0.25) is 0 Å². The summed E-state index contributed by atoms with van der Waals surface area (Å²) in [5, 5.41) is 9.89. The predicted molar refractivity (Wildman–Crippen MR) is 201 cm³/mol. The number of aliphatic hydroxyl groups excluding tert-OH is 1. The Hall–Kier alpha value is -3.17. The normalized spacial score (nSPS) is 21.3. The van der Waals surface area contributed by atoms with Crippen LogP contribution in [-0.4, -0.2) is 24.3 Å². The first-order valence-corrected chi connectivity index (χ1v) is 19.1. The molecule has 0 amide bonds. The molecule has 2 fully saturated rings. The van der Waals surface area contributed by atoms with Crippen LogP contribution in [0.25, 0.3) is 22.3 Å². The highest BCUT2D eigenvalue weighted by Gasteiger charge is 2.36. The van der Waals surface area contributed by atoms with Gasteiger partial charge in [-0.25, -0.2) is 4.79 Å². The first kappa shape index (κ1) is 36.1. The Bertz CT molecular complexity index is 1450. The van der Waals surface area contributed by atoms with Crippen LogP contribution in [0.5, 0.6) is 0 Å². The molecule has 2 aliphatic rings. The largest absolute Gasteiger partial charge is 0.462 e. The van der Waals surface area contributed by atoms with Gasteiger partial charge < -0.3 is 9.84 Å². The Morgan fingerprint density at radius 3 is 2.08 bits per heavy atom. The van der Waals surface area contributed by atoms with Gasteiger partial charge in [-0.05, 0) is 134 Å². The molecule has 0 aromatic heterocycles. The fraction of sp³-hybridized carbons (Fsp3) is 0.533. The van der Waals surface area contributed by atoms with Crippen molar-refractivity contribution >= 4 is 5.97 Å². The molecule has 5 unspecified atom stereocenters. The summed E-state index contributed by atoms with van der Waals surface area (Å²) in [5.41, 5.74) is 10.0. The first-order chi connectivity index (χ1) is 23.4. The molecule has 3 heteroatoms. The Labute approximate surface area is 291 Å². The van der Waals surface area contributed by atoms with Crippen molar-refractivity contribution in [3.05, 3.63) is 95.6 Å². The maximum absolute atomic E-state index is 11.8. The Morgan fingerprint density at radius 1 is 0.812 bits per heavy atom. The summed E-state index contributed by atoms with van der Waals surface area (Å²) in [6.45, 7) is 10.2. The minimum absolute atomic E-state index is 0.0356. The molecule has 3 nitrogen and oxygen atoms in total. The Morgan fingerprint density at radius 2 is 1.44 bits per heavy atom. The monoisotopic (exact) mass is 648 g/mol. The number of rotatable bonds is 16. The topological polar surface area (TPSA) is 46.5 Å². The molecule has 5 rings (SSSR count). The lowest BCUT2D eigenvalue weighted by Crippen LogP contribution is -2.32. The number of carbonyl (C=O) groups excluding carboxylic acids is 1. The van der Waals surface area contributed by atoms with Crippen LogP contribution in [0.3, 0.4) is 0 Å². The summed E-state index contributed by atoms with van der Waals surface area (Å²) in [6, 6.07) is 25.6. The second kappa shape index (κ2) is 18.0. The van der Waals surface area contributed by atoms with Crippen molar-refractivity contribution in [3.63, 3.8) is 0 Å². The first-order valence-electron chi connectivity index (χ1n) is 19.1. The summed E-state index contributed by atoms with van der Waals surface area (Å²) in [6.07, 6.45) is 17.4. The smallest absolute Gasteiger partial charge is 0.333 e. The van der Waals surface area contributed by atoms with Crippen molar-refractivity contribution in [2.24, 2.45) is 29.6 Å². The van der Waals surface area contributed by atoms with E-state index in [1.54, 1.807) is 6.92 Å². The highest BCUT2D eigenvalue weighted by Crippen LogP contribution is 2.47. The molecule has 5 atom stereocenters. The molecule has 0 radical (unpaired) electrons. The van der Waals surface area contributed by atoms with Gasteiger partial charge in [0.15, 0.2) is 0 Å². The van der Waals surface area contributed by atoms with Crippen LogP contribution in [0.2, 0.25) is 0 Å². The zero-order valence-electron chi connectivity index (χ0n) is 30.0. The van der Waals surface area contributed by atoms with Crippen molar-refractivity contribution in [2.45, 2.75) is 111 Å². The van der Waals surface area contributed by atoms with Crippen molar-refractivity contribution < 1.29 is 14.6 Å². The molecule has 1 N–H and O–H groups in total. The van der Waals surface area contributed by atoms with E-state index in [4.69, 9.17) is 4.74 Å². The van der Waals surface area contributed by atoms with Gasteiger partial charge in [-0.1, -0.05) is 113 Å². The molecule has 0 saturated heterocycles. The van der Waals surface area contributed by atoms with Crippen LogP contribution in [0, 0.1) is 29.6 Å². The average Bonchev–Trinajstić information content (AvgIpc) is 3.12. The maximum Gasteiger partial charge on any atom is 0.333 e. The standard InChI is InChI=1S/C45H60O3/c1-5-7-8-9-33-14-20-40(21-15-33)44-25-24-43(29-38(44)6-2)39-18-12-34(13-19-39)10-11-35-16-22-42-28-36(17-23-41(42)27-35)26-37(30-46)31-48-45(47)32(3)4/h12-15,18-21,24-25,29,35-37,41-42,46H,3,5-11,16-17,22-23,26-28,30-31H2,1-2,4H3. The molecule has 0 bridgehead atoms. The van der Waals surface area contributed by atoms with Gasteiger partial charge >= 0.3 is 5.97 Å². The van der Waals surface area contributed by atoms with Crippen LogP contribution in [0.15, 0.2) is 78.9 Å². The number of carbonyl (C=O) groups is 1. The van der Waals surface area contributed by atoms with Crippen molar-refractivity contribution in [3.8, 4) is 22.3 Å². The van der Waals surface area contributed by atoms with E-state index in [1.807, 2.05) is 0 Å². The minimum Gasteiger partial charge on any atom is -0.462 e. The Balaban J connectivity index is 1.09. The molecule has 0 heterocycles. The van der Waals surface area contributed by atoms with E-state index in [0.717, 1.165) is 30.6 Å². The van der Waals surface area contributed by atoms with E-state index in [9.17, 15) is 9.90 Å². The second-order valence-corrected chi connectivity index (χ2v) is 15.2. The number of hydrogen-bond acceptors (Lipinski definition) is 3. The van der Waals surface area contributed by atoms with E-state index in [-0.39, 0.29) is 18.5 Å². The number of benzene rings is 3. The number of hydrogen-bond donors (Lipinski definition) is 1. The SMILES string of the molecule is C=C(C)C(=O)OCC(CO)CC1CCC2CC(CCc3ccc(-c4ccc(-c5ccc(CCCCC)cc5)c(CC)c4)cc3)CCC2C1. The van der Waals surface area contributed by atoms with Crippen LogP contribution in [0.1, 0.15) is 108 Å². The number of esters is 1. The molecular weight excluding hydrogens is 588 g/mol. The zero-order chi connectivity index (χ0) is 33.9. The summed E-state index contributed by atoms with van der Waals surface area (Å²) in [4.78, 5) is 11.8. The number of aryl methyl sites for hydroxylation is 3. The van der Waals surface area contributed by atoms with Crippen LogP contribution >= 0.6 is 0 Å². The number of ether oxygens (including phenoxy) is 1. The van der Waals surface area contributed by atoms with Crippen LogP contribution in [-0.2, 0) is 28.8 Å². The summed E-state index contributed by atoms with van der Waals surface area (Å²) < 4.78 is 5.36. The van der Waals surface area contributed by atoms with Gasteiger partial charge in [0.25, 0.3) is 0 Å². The number of aliphatic hydroxyl groups is 1. The average molecular weight is 649 g/mol. The maximum atomic E-state index is 11.8. The van der Waals surface area contributed by atoms with Gasteiger partial charge in [0.05, 0.1) is 6.61 Å². The van der Waals surface area contributed by atoms with E-state index in [1.165, 1.54) is 116 Å². The van der Waals surface area contributed by atoms with E-state index in [0.29, 0.717) is 18.1 Å². The molecule has 2 saturated carbocycles. The highest BCUT2D eigenvalue weighted by atomic mass is 16.5. The molecule has 48 heavy (non-hydrogen) atoms. The molecule has 3 aromatic rings. The van der Waals surface area contributed by atoms with Gasteiger partial charge in [-0.15, -0.1) is 0 Å². The molecule has 0 spiro atoms. The lowest BCUT2D eigenvalue weighted by atomic mass is 9.63. The quantitative estimate of drug-likeness (QED) is 0.0955. The van der Waals surface area contributed by atoms with Gasteiger partial charge in [-0.2, -0.15) is 0 Å². The van der Waals surface area contributed by atoms with E-state index < -0.39 is 0 Å². The van der Waals surface area contributed by atoms with Crippen molar-refractivity contribution in [1.29, 1.82) is 0 Å². The van der Waals surface area contributed by atoms with Gasteiger partial charge in [0.2, 0.25) is 0 Å². The van der Waals surface area contributed by atoms with Crippen LogP contribution < -0.4 is 0 Å². The fourth-order valence-electron chi connectivity index (χ4n) is 8.56. The lowest BCUT2D eigenvalue weighted by Gasteiger charge is -2.43. The third kappa shape index (κ3) is 9.94. The third-order valence-electron chi connectivity index (χ3n) is 11.5.